The molecule has 0 saturated carbocycles. The van der Waals surface area contributed by atoms with Gasteiger partial charge in [-0.1, -0.05) is 217 Å². The van der Waals surface area contributed by atoms with Crippen molar-refractivity contribution >= 4 is 17.9 Å². The van der Waals surface area contributed by atoms with Crippen molar-refractivity contribution in [2.45, 2.75) is 264 Å². The molecule has 0 aromatic carbocycles. The molecule has 60 heavy (non-hydrogen) atoms. The zero-order chi connectivity index (χ0) is 43.7. The quantitative estimate of drug-likeness (QED) is 0.0263. The van der Waals surface area contributed by atoms with E-state index in [1.165, 1.54) is 116 Å². The van der Waals surface area contributed by atoms with Crippen molar-refractivity contribution in [3.05, 3.63) is 48.6 Å². The molecule has 0 aromatic heterocycles. The number of rotatable bonds is 46. The molecule has 0 fully saturated rings. The molecule has 0 aliphatic carbocycles. The van der Waals surface area contributed by atoms with Crippen LogP contribution < -0.4 is 0 Å². The molecule has 0 aromatic rings. The molecule has 6 heteroatoms. The summed E-state index contributed by atoms with van der Waals surface area (Å²) in [5.41, 5.74) is 0. The Morgan fingerprint density at radius 2 is 0.617 bits per heavy atom. The summed E-state index contributed by atoms with van der Waals surface area (Å²) in [5.74, 6) is -0.903. The van der Waals surface area contributed by atoms with Crippen LogP contribution in [-0.4, -0.2) is 37.2 Å². The summed E-state index contributed by atoms with van der Waals surface area (Å²) in [6, 6.07) is 0. The molecule has 0 saturated heterocycles. The van der Waals surface area contributed by atoms with Crippen LogP contribution in [0.3, 0.4) is 0 Å². The lowest BCUT2D eigenvalue weighted by Crippen LogP contribution is -2.30. The lowest BCUT2D eigenvalue weighted by molar-refractivity contribution is -0.167. The number of unbranched alkanes of at least 4 members (excludes halogenated alkanes) is 27. The van der Waals surface area contributed by atoms with Crippen molar-refractivity contribution in [3.63, 3.8) is 0 Å². The van der Waals surface area contributed by atoms with Gasteiger partial charge in [-0.2, -0.15) is 0 Å². The molecule has 0 rings (SSSR count). The van der Waals surface area contributed by atoms with Crippen LogP contribution in [0.1, 0.15) is 258 Å². The van der Waals surface area contributed by atoms with Gasteiger partial charge in [-0.3, -0.25) is 14.4 Å². The second-order valence-corrected chi connectivity index (χ2v) is 17.1. The van der Waals surface area contributed by atoms with Gasteiger partial charge in [0.25, 0.3) is 0 Å². The lowest BCUT2D eigenvalue weighted by Gasteiger charge is -2.18. The summed E-state index contributed by atoms with van der Waals surface area (Å²) in [6.07, 6.45) is 58.0. The van der Waals surface area contributed by atoms with Crippen LogP contribution in [0, 0.1) is 0 Å². The molecule has 0 aliphatic heterocycles. The van der Waals surface area contributed by atoms with Crippen molar-refractivity contribution in [1.29, 1.82) is 0 Å². The monoisotopic (exact) mass is 841 g/mol. The molecule has 0 heterocycles. The Balaban J connectivity index is 4.41. The predicted octanol–water partition coefficient (Wildman–Crippen LogP) is 16.7. The molecule has 348 valence electrons. The van der Waals surface area contributed by atoms with E-state index in [-0.39, 0.29) is 31.1 Å². The van der Waals surface area contributed by atoms with Crippen molar-refractivity contribution < 1.29 is 28.6 Å². The minimum atomic E-state index is -0.782. The first kappa shape index (κ1) is 57.4. The third kappa shape index (κ3) is 46.4. The highest BCUT2D eigenvalue weighted by molar-refractivity contribution is 5.71. The van der Waals surface area contributed by atoms with Gasteiger partial charge in [0.15, 0.2) is 6.10 Å². The standard InChI is InChI=1S/C54H96O6/c1-4-7-10-13-16-19-22-25-28-31-34-37-40-43-46-52(55)58-49-51(60-54(57)48-45-42-39-36-33-30-27-24-21-18-15-12-9-6-3)50-59-53(56)47-44-41-38-35-32-29-26-23-20-17-14-11-8-5-2/h13,15-16,18,22,24-25,27,51H,4-12,14,17,19-21,23,26,28-50H2,1-3H3/b16-13-,18-15-,25-22-,27-24-. The van der Waals surface area contributed by atoms with Crippen LogP contribution in [0.5, 0.6) is 0 Å². The topological polar surface area (TPSA) is 78.9 Å². The molecule has 0 spiro atoms. The van der Waals surface area contributed by atoms with Crippen LogP contribution in [0.2, 0.25) is 0 Å². The number of hydrogen-bond donors (Lipinski definition) is 0. The lowest BCUT2D eigenvalue weighted by atomic mass is 10.0. The minimum absolute atomic E-state index is 0.0813. The Morgan fingerprint density at radius 1 is 0.333 bits per heavy atom. The highest BCUT2D eigenvalue weighted by Gasteiger charge is 2.19. The normalized spacial score (nSPS) is 12.4. The van der Waals surface area contributed by atoms with Gasteiger partial charge in [-0.25, -0.2) is 0 Å². The van der Waals surface area contributed by atoms with E-state index in [2.05, 4.69) is 69.4 Å². The number of ether oxygens (including phenoxy) is 3. The fourth-order valence-electron chi connectivity index (χ4n) is 7.12. The molecular formula is C54H96O6. The van der Waals surface area contributed by atoms with Gasteiger partial charge >= 0.3 is 17.9 Å². The van der Waals surface area contributed by atoms with Crippen molar-refractivity contribution in [3.8, 4) is 0 Å². The first-order valence-corrected chi connectivity index (χ1v) is 25.6. The van der Waals surface area contributed by atoms with E-state index in [9.17, 15) is 14.4 Å². The Labute approximate surface area is 371 Å². The Kier molecular flexibility index (Phi) is 46.9. The highest BCUT2D eigenvalue weighted by Crippen LogP contribution is 2.15. The largest absolute Gasteiger partial charge is 0.462 e. The van der Waals surface area contributed by atoms with Gasteiger partial charge < -0.3 is 14.2 Å². The molecule has 1 unspecified atom stereocenters. The Bertz CT molecular complexity index is 1060. The first-order valence-electron chi connectivity index (χ1n) is 25.6. The van der Waals surface area contributed by atoms with Gasteiger partial charge in [-0.15, -0.1) is 0 Å². The van der Waals surface area contributed by atoms with E-state index in [0.717, 1.165) is 103 Å². The predicted molar refractivity (Wildman–Crippen MR) is 256 cm³/mol. The summed E-state index contributed by atoms with van der Waals surface area (Å²) < 4.78 is 16.8. The second kappa shape index (κ2) is 49.0. The van der Waals surface area contributed by atoms with E-state index in [0.29, 0.717) is 19.3 Å². The maximum Gasteiger partial charge on any atom is 0.306 e. The average molecular weight is 841 g/mol. The zero-order valence-electron chi connectivity index (χ0n) is 39.7. The van der Waals surface area contributed by atoms with E-state index >= 15 is 0 Å². The van der Waals surface area contributed by atoms with Crippen LogP contribution in [0.25, 0.3) is 0 Å². The molecular weight excluding hydrogens is 745 g/mol. The average Bonchev–Trinajstić information content (AvgIpc) is 3.24. The number of hydrogen-bond acceptors (Lipinski definition) is 6. The van der Waals surface area contributed by atoms with E-state index in [1.807, 2.05) is 0 Å². The van der Waals surface area contributed by atoms with E-state index < -0.39 is 6.10 Å². The summed E-state index contributed by atoms with van der Waals surface area (Å²) >= 11 is 0. The molecule has 0 amide bonds. The van der Waals surface area contributed by atoms with Crippen molar-refractivity contribution in [2.75, 3.05) is 13.2 Å². The van der Waals surface area contributed by atoms with E-state index in [4.69, 9.17) is 14.2 Å². The van der Waals surface area contributed by atoms with E-state index in [1.54, 1.807) is 0 Å². The maximum atomic E-state index is 12.8. The van der Waals surface area contributed by atoms with Crippen LogP contribution in [0.15, 0.2) is 48.6 Å². The fourth-order valence-corrected chi connectivity index (χ4v) is 7.12. The van der Waals surface area contributed by atoms with Gasteiger partial charge in [0.1, 0.15) is 13.2 Å². The third-order valence-electron chi connectivity index (χ3n) is 11.1. The SMILES string of the molecule is CCCC/C=C\C/C=C\CCCCCCCC(=O)OCC(COC(=O)CCCCCCCCCCCCCCCC)OC(=O)CCCCCCC/C=C\C/C=C\CCCC. The summed E-state index contributed by atoms with van der Waals surface area (Å²) in [6.45, 7) is 6.54. The first-order chi connectivity index (χ1) is 29.5. The van der Waals surface area contributed by atoms with Crippen molar-refractivity contribution in [2.24, 2.45) is 0 Å². The molecule has 0 radical (unpaired) electrons. The number of allylic oxidation sites excluding steroid dienone is 8. The smallest absolute Gasteiger partial charge is 0.306 e. The minimum Gasteiger partial charge on any atom is -0.462 e. The molecule has 6 nitrogen and oxygen atoms in total. The molecule has 1 atom stereocenters. The highest BCUT2D eigenvalue weighted by atomic mass is 16.6. The Morgan fingerprint density at radius 3 is 0.967 bits per heavy atom. The van der Waals surface area contributed by atoms with Gasteiger partial charge in [-0.05, 0) is 70.6 Å². The number of carbonyl (C=O) groups excluding carboxylic acids is 3. The van der Waals surface area contributed by atoms with Gasteiger partial charge in [0.05, 0.1) is 0 Å². The van der Waals surface area contributed by atoms with Crippen molar-refractivity contribution in [1.82, 2.24) is 0 Å². The number of esters is 3. The summed E-state index contributed by atoms with van der Waals surface area (Å²) in [5, 5.41) is 0. The molecule has 0 N–H and O–H groups in total. The maximum absolute atomic E-state index is 12.8. The third-order valence-corrected chi connectivity index (χ3v) is 11.1. The zero-order valence-corrected chi connectivity index (χ0v) is 39.7. The fraction of sp³-hybridized carbons (Fsp3) is 0.796. The summed E-state index contributed by atoms with van der Waals surface area (Å²) in [7, 11) is 0. The summed E-state index contributed by atoms with van der Waals surface area (Å²) in [4.78, 5) is 37.9. The molecule has 0 bridgehead atoms. The van der Waals surface area contributed by atoms with Gasteiger partial charge in [0, 0.05) is 19.3 Å². The molecule has 0 aliphatic rings. The second-order valence-electron chi connectivity index (χ2n) is 17.1. The van der Waals surface area contributed by atoms with Crippen LogP contribution in [-0.2, 0) is 28.6 Å². The van der Waals surface area contributed by atoms with Crippen LogP contribution in [0.4, 0.5) is 0 Å². The Hall–Kier alpha value is -2.63. The van der Waals surface area contributed by atoms with Gasteiger partial charge in [0.2, 0.25) is 0 Å². The number of carbonyl (C=O) groups is 3. The van der Waals surface area contributed by atoms with Crippen LogP contribution >= 0.6 is 0 Å².